The van der Waals surface area contributed by atoms with Gasteiger partial charge in [0.1, 0.15) is 17.6 Å². The summed E-state index contributed by atoms with van der Waals surface area (Å²) < 4.78 is 7.16. The minimum atomic E-state index is -0.914. The first-order chi connectivity index (χ1) is 12.3. The van der Waals surface area contributed by atoms with Crippen LogP contribution in [-0.4, -0.2) is 38.6 Å². The highest BCUT2D eigenvalue weighted by Gasteiger charge is 2.32. The molecule has 0 aliphatic heterocycles. The summed E-state index contributed by atoms with van der Waals surface area (Å²) in [6, 6.07) is 9.69. The molecule has 8 heteroatoms. The molecule has 1 aromatic carbocycles. The van der Waals surface area contributed by atoms with Crippen LogP contribution in [0.3, 0.4) is 0 Å². The van der Waals surface area contributed by atoms with Crippen LogP contribution < -0.4 is 10.1 Å². The maximum absolute atomic E-state index is 12.6. The summed E-state index contributed by atoms with van der Waals surface area (Å²) in [7, 11) is 1.60. The summed E-state index contributed by atoms with van der Waals surface area (Å²) in [5, 5.41) is 20.4. The second-order valence-electron chi connectivity index (χ2n) is 6.37. The molecule has 2 aromatic rings. The van der Waals surface area contributed by atoms with Crippen molar-refractivity contribution in [3.05, 3.63) is 30.6 Å². The van der Waals surface area contributed by atoms with Crippen molar-refractivity contribution in [2.75, 3.05) is 7.11 Å². The minimum absolute atomic E-state index is 0.00844. The molecule has 7 nitrogen and oxygen atoms in total. The van der Waals surface area contributed by atoms with Crippen molar-refractivity contribution < 1.29 is 9.53 Å². The number of amides is 1. The van der Waals surface area contributed by atoms with Gasteiger partial charge in [-0.25, -0.2) is 0 Å². The Balaban J connectivity index is 2.19. The Kier molecular flexibility index (Phi) is 6.27. The average Bonchev–Trinajstić information content (AvgIpc) is 3.09. The van der Waals surface area contributed by atoms with E-state index in [0.29, 0.717) is 10.9 Å². The number of ether oxygens (including phenoxy) is 1. The van der Waals surface area contributed by atoms with Gasteiger partial charge in [-0.05, 0) is 31.9 Å². The van der Waals surface area contributed by atoms with Gasteiger partial charge in [-0.3, -0.25) is 9.36 Å². The fourth-order valence-corrected chi connectivity index (χ4v) is 3.00. The van der Waals surface area contributed by atoms with E-state index in [2.05, 4.69) is 21.6 Å². The molecule has 0 radical (unpaired) electrons. The third-order valence-corrected chi connectivity index (χ3v) is 5.34. The molecular weight excluding hydrogens is 350 g/mol. The van der Waals surface area contributed by atoms with Gasteiger partial charge in [-0.15, -0.1) is 10.2 Å². The molecule has 1 amide bonds. The number of carbonyl (C=O) groups excluding carboxylic acids is 1. The van der Waals surface area contributed by atoms with Crippen molar-refractivity contribution in [3.8, 4) is 17.5 Å². The number of nitrogens with one attached hydrogen (secondary N) is 1. The fourth-order valence-electron chi connectivity index (χ4n) is 2.17. The molecule has 2 atom stereocenters. The minimum Gasteiger partial charge on any atom is -0.495 e. The Bertz CT molecular complexity index is 814. The lowest BCUT2D eigenvalue weighted by molar-refractivity contribution is -0.121. The molecule has 0 saturated heterocycles. The number of methoxy groups -OCH3 is 1. The summed E-state index contributed by atoms with van der Waals surface area (Å²) in [5.74, 6) is 0.455. The van der Waals surface area contributed by atoms with Crippen LogP contribution in [0.4, 0.5) is 0 Å². The van der Waals surface area contributed by atoms with E-state index in [4.69, 9.17) is 4.74 Å². The Morgan fingerprint density at radius 2 is 2.08 bits per heavy atom. The number of aromatic nitrogens is 3. The third-order valence-electron chi connectivity index (χ3n) is 4.28. The van der Waals surface area contributed by atoms with Gasteiger partial charge in [-0.2, -0.15) is 5.26 Å². The fraction of sp³-hybridized carbons (Fsp3) is 0.444. The van der Waals surface area contributed by atoms with E-state index in [1.807, 2.05) is 38.1 Å². The summed E-state index contributed by atoms with van der Waals surface area (Å²) in [6.45, 7) is 7.31. The van der Waals surface area contributed by atoms with Gasteiger partial charge in [0.25, 0.3) is 0 Å². The van der Waals surface area contributed by atoms with Gasteiger partial charge in [0.15, 0.2) is 5.16 Å². The van der Waals surface area contributed by atoms with Gasteiger partial charge < -0.3 is 10.1 Å². The number of benzene rings is 1. The van der Waals surface area contributed by atoms with E-state index in [0.717, 1.165) is 5.69 Å². The number of hydrogen-bond acceptors (Lipinski definition) is 6. The Morgan fingerprint density at radius 1 is 1.38 bits per heavy atom. The smallest absolute Gasteiger partial charge is 0.234 e. The molecule has 0 bridgehead atoms. The number of nitriles is 1. The first kappa shape index (κ1) is 19.8. The first-order valence-corrected chi connectivity index (χ1v) is 9.13. The second-order valence-corrected chi connectivity index (χ2v) is 7.68. The molecule has 0 saturated carbocycles. The molecule has 1 N–H and O–H groups in total. The Hall–Kier alpha value is -2.53. The van der Waals surface area contributed by atoms with Gasteiger partial charge in [0.05, 0.1) is 24.1 Å². The van der Waals surface area contributed by atoms with Gasteiger partial charge in [-0.1, -0.05) is 37.7 Å². The van der Waals surface area contributed by atoms with Crippen molar-refractivity contribution in [1.82, 2.24) is 20.1 Å². The standard InChI is InChI=1S/C18H23N5O2S/c1-12(2)18(4,10-19)21-16(24)13(3)26-17-22-20-11-23(17)14-8-6-7-9-15(14)25-5/h6-9,11-13H,1-5H3,(H,21,24). The van der Waals surface area contributed by atoms with Crippen molar-refractivity contribution in [1.29, 1.82) is 5.26 Å². The summed E-state index contributed by atoms with van der Waals surface area (Å²) in [4.78, 5) is 12.6. The van der Waals surface area contributed by atoms with Crippen molar-refractivity contribution in [2.45, 2.75) is 43.6 Å². The van der Waals surface area contributed by atoms with E-state index in [-0.39, 0.29) is 11.8 Å². The lowest BCUT2D eigenvalue weighted by Gasteiger charge is -2.28. The first-order valence-electron chi connectivity index (χ1n) is 8.25. The highest BCUT2D eigenvalue weighted by molar-refractivity contribution is 8.00. The quantitative estimate of drug-likeness (QED) is 0.750. The molecule has 2 rings (SSSR count). The SMILES string of the molecule is COc1ccccc1-n1cnnc1SC(C)C(=O)NC(C)(C#N)C(C)C. The predicted octanol–water partition coefficient (Wildman–Crippen LogP) is 2.81. The Labute approximate surface area is 157 Å². The Morgan fingerprint density at radius 3 is 2.69 bits per heavy atom. The van der Waals surface area contributed by atoms with Crippen LogP contribution in [0.25, 0.3) is 5.69 Å². The van der Waals surface area contributed by atoms with Crippen LogP contribution in [0.1, 0.15) is 27.7 Å². The number of rotatable bonds is 7. The van der Waals surface area contributed by atoms with E-state index in [1.165, 1.54) is 11.8 Å². The van der Waals surface area contributed by atoms with E-state index < -0.39 is 10.8 Å². The van der Waals surface area contributed by atoms with Crippen molar-refractivity contribution in [3.63, 3.8) is 0 Å². The largest absolute Gasteiger partial charge is 0.495 e. The lowest BCUT2D eigenvalue weighted by atomic mass is 9.90. The maximum Gasteiger partial charge on any atom is 0.234 e. The topological polar surface area (TPSA) is 92.8 Å². The number of carbonyl (C=O) groups is 1. The van der Waals surface area contributed by atoms with E-state index >= 15 is 0 Å². The molecule has 1 aromatic heterocycles. The third kappa shape index (κ3) is 4.17. The van der Waals surface area contributed by atoms with Crippen LogP contribution in [0.5, 0.6) is 5.75 Å². The van der Waals surface area contributed by atoms with E-state index in [1.54, 1.807) is 31.9 Å². The number of nitrogens with zero attached hydrogens (tertiary/aromatic N) is 4. The highest BCUT2D eigenvalue weighted by Crippen LogP contribution is 2.29. The van der Waals surface area contributed by atoms with Crippen LogP contribution in [0, 0.1) is 17.2 Å². The molecule has 1 heterocycles. The monoisotopic (exact) mass is 373 g/mol. The van der Waals surface area contributed by atoms with E-state index in [9.17, 15) is 10.1 Å². The zero-order valence-corrected chi connectivity index (χ0v) is 16.4. The van der Waals surface area contributed by atoms with Crippen LogP contribution in [0.15, 0.2) is 35.7 Å². The molecular formula is C18H23N5O2S. The van der Waals surface area contributed by atoms with Gasteiger partial charge in [0.2, 0.25) is 5.91 Å². The van der Waals surface area contributed by atoms with Gasteiger partial charge in [0, 0.05) is 0 Å². The van der Waals surface area contributed by atoms with Gasteiger partial charge >= 0.3 is 0 Å². The molecule has 0 aliphatic carbocycles. The van der Waals surface area contributed by atoms with Crippen LogP contribution in [0.2, 0.25) is 0 Å². The predicted molar refractivity (Wildman–Crippen MR) is 100 cm³/mol. The number of para-hydroxylation sites is 2. The molecule has 138 valence electrons. The summed E-state index contributed by atoms with van der Waals surface area (Å²) in [6.07, 6.45) is 1.58. The summed E-state index contributed by atoms with van der Waals surface area (Å²) in [5.41, 5.74) is -0.124. The molecule has 0 fully saturated rings. The number of hydrogen-bond donors (Lipinski definition) is 1. The maximum atomic E-state index is 12.6. The number of thioether (sulfide) groups is 1. The van der Waals surface area contributed by atoms with Crippen molar-refractivity contribution >= 4 is 17.7 Å². The van der Waals surface area contributed by atoms with Crippen LogP contribution >= 0.6 is 11.8 Å². The zero-order valence-electron chi connectivity index (χ0n) is 15.6. The summed E-state index contributed by atoms with van der Waals surface area (Å²) >= 11 is 1.27. The average molecular weight is 373 g/mol. The van der Waals surface area contributed by atoms with Crippen molar-refractivity contribution in [2.24, 2.45) is 5.92 Å². The zero-order chi connectivity index (χ0) is 19.3. The molecule has 26 heavy (non-hydrogen) atoms. The lowest BCUT2D eigenvalue weighted by Crippen LogP contribution is -2.51. The van der Waals surface area contributed by atoms with Crippen LogP contribution in [-0.2, 0) is 4.79 Å². The normalized spacial score (nSPS) is 14.3. The molecule has 0 spiro atoms. The highest BCUT2D eigenvalue weighted by atomic mass is 32.2. The second kappa shape index (κ2) is 8.23. The molecule has 0 aliphatic rings. The molecule has 2 unspecified atom stereocenters.